The molecule has 0 aliphatic heterocycles. The molecular weight excluding hydrogens is 404 g/mol. The molecule has 0 bridgehead atoms. The Hall–Kier alpha value is -2.58. The minimum atomic E-state index is -0.496. The molecule has 3 heterocycles. The molecule has 4 aromatic rings. The highest BCUT2D eigenvalue weighted by molar-refractivity contribution is 7.71. The first-order valence-corrected chi connectivity index (χ1v) is 11.0. The van der Waals surface area contributed by atoms with Gasteiger partial charge in [0.15, 0.2) is 0 Å². The Balaban J connectivity index is 1.86. The van der Waals surface area contributed by atoms with Gasteiger partial charge < -0.3 is 4.74 Å². The van der Waals surface area contributed by atoms with Crippen LogP contribution in [0, 0.1) is 11.6 Å². The van der Waals surface area contributed by atoms with E-state index in [0.717, 1.165) is 40.7 Å². The van der Waals surface area contributed by atoms with Crippen molar-refractivity contribution in [3.8, 4) is 5.69 Å². The third-order valence-corrected chi connectivity index (χ3v) is 6.88. The van der Waals surface area contributed by atoms with E-state index in [1.165, 1.54) is 16.9 Å². The summed E-state index contributed by atoms with van der Waals surface area (Å²) < 4.78 is 9.21. The van der Waals surface area contributed by atoms with Crippen molar-refractivity contribution in [3.05, 3.63) is 50.7 Å². The number of hydrogen-bond donors (Lipinski definition) is 0. The molecule has 0 unspecified atom stereocenters. The van der Waals surface area contributed by atoms with E-state index in [1.54, 1.807) is 27.3 Å². The van der Waals surface area contributed by atoms with E-state index in [1.807, 2.05) is 31.2 Å². The van der Waals surface area contributed by atoms with Crippen LogP contribution in [-0.4, -0.2) is 31.7 Å². The number of nitrogens with zero attached hydrogens (tertiary/aromatic N) is 4. The second kappa shape index (κ2) is 7.03. The van der Waals surface area contributed by atoms with Crippen molar-refractivity contribution in [2.45, 2.75) is 39.5 Å². The van der Waals surface area contributed by atoms with Crippen molar-refractivity contribution >= 4 is 45.5 Å². The van der Waals surface area contributed by atoms with Crippen LogP contribution in [0.25, 0.3) is 21.7 Å². The van der Waals surface area contributed by atoms with Crippen LogP contribution in [-0.2, 0) is 17.6 Å². The lowest BCUT2D eigenvalue weighted by Crippen LogP contribution is -2.10. The number of esters is 1. The van der Waals surface area contributed by atoms with Gasteiger partial charge >= 0.3 is 5.97 Å². The number of aryl methyl sites for hydroxylation is 3. The van der Waals surface area contributed by atoms with Crippen LogP contribution >= 0.6 is 23.6 Å². The zero-order valence-corrected chi connectivity index (χ0v) is 17.9. The lowest BCUT2D eigenvalue weighted by Gasteiger charge is -2.10. The molecule has 0 spiro atoms. The van der Waals surface area contributed by atoms with Crippen molar-refractivity contribution in [3.63, 3.8) is 0 Å². The smallest absolute Gasteiger partial charge is 0.376 e. The molecule has 0 radical (unpaired) electrons. The average Bonchev–Trinajstić information content (AvgIpc) is 3.28. The predicted molar refractivity (Wildman–Crippen MR) is 116 cm³/mol. The monoisotopic (exact) mass is 424 g/mol. The van der Waals surface area contributed by atoms with Crippen LogP contribution in [0.3, 0.4) is 0 Å². The highest BCUT2D eigenvalue weighted by Crippen LogP contribution is 2.36. The Kier molecular flexibility index (Phi) is 4.48. The number of aromatic nitrogens is 4. The number of ether oxygens (including phenoxy) is 1. The first-order valence-electron chi connectivity index (χ1n) is 9.78. The Morgan fingerprint density at radius 3 is 2.76 bits per heavy atom. The molecular formula is C21H20N4O2S2. The van der Waals surface area contributed by atoms with Gasteiger partial charge in [0.25, 0.3) is 0 Å². The summed E-state index contributed by atoms with van der Waals surface area (Å²) in [5, 5.41) is 5.56. The fourth-order valence-corrected chi connectivity index (χ4v) is 5.61. The third kappa shape index (κ3) is 2.89. The van der Waals surface area contributed by atoms with Gasteiger partial charge in [-0.3, -0.25) is 0 Å². The zero-order valence-electron chi connectivity index (χ0n) is 16.3. The number of carbonyl (C=O) groups excluding carboxylic acids is 1. The maximum Gasteiger partial charge on any atom is 0.376 e. The zero-order chi connectivity index (χ0) is 20.1. The standard InChI is InChI=1S/C21H20N4O2S2/c1-3-27-20(26)17-23-25(13-10-8-12(2)9-11-13)21-22-18-16(19(28)24(17)21)14-6-4-5-7-15(14)29-18/h8-11H,3-7H2,1-2H3. The van der Waals surface area contributed by atoms with Gasteiger partial charge in [0, 0.05) is 4.88 Å². The molecule has 6 nitrogen and oxygen atoms in total. The van der Waals surface area contributed by atoms with Gasteiger partial charge in [-0.2, -0.15) is 4.68 Å². The number of benzene rings is 1. The van der Waals surface area contributed by atoms with Crippen LogP contribution < -0.4 is 0 Å². The van der Waals surface area contributed by atoms with E-state index in [4.69, 9.17) is 21.9 Å². The lowest BCUT2D eigenvalue weighted by molar-refractivity contribution is 0.0510. The third-order valence-electron chi connectivity index (χ3n) is 5.30. The van der Waals surface area contributed by atoms with E-state index in [-0.39, 0.29) is 12.4 Å². The minimum absolute atomic E-state index is 0.164. The second-order valence-corrected chi connectivity index (χ2v) is 8.71. The highest BCUT2D eigenvalue weighted by atomic mass is 32.1. The van der Waals surface area contributed by atoms with E-state index < -0.39 is 5.97 Å². The molecule has 148 valence electrons. The molecule has 29 heavy (non-hydrogen) atoms. The van der Waals surface area contributed by atoms with Crippen LogP contribution in [0.2, 0.25) is 0 Å². The molecule has 0 atom stereocenters. The summed E-state index contributed by atoms with van der Waals surface area (Å²) in [4.78, 5) is 19.9. The molecule has 1 aliphatic carbocycles. The van der Waals surface area contributed by atoms with Crippen molar-refractivity contribution in [1.29, 1.82) is 0 Å². The topological polar surface area (TPSA) is 61.4 Å². The summed E-state index contributed by atoms with van der Waals surface area (Å²) in [6.07, 6.45) is 4.43. The summed E-state index contributed by atoms with van der Waals surface area (Å²) in [6.45, 7) is 4.08. The van der Waals surface area contributed by atoms with Gasteiger partial charge in [0.1, 0.15) is 9.47 Å². The Morgan fingerprint density at radius 1 is 1.24 bits per heavy atom. The molecule has 8 heteroatoms. The minimum Gasteiger partial charge on any atom is -0.460 e. The van der Waals surface area contributed by atoms with Crippen LogP contribution in [0.4, 0.5) is 0 Å². The Morgan fingerprint density at radius 2 is 2.00 bits per heavy atom. The van der Waals surface area contributed by atoms with Crippen LogP contribution in [0.5, 0.6) is 0 Å². The molecule has 0 saturated heterocycles. The number of carbonyl (C=O) groups is 1. The maximum absolute atomic E-state index is 12.7. The van der Waals surface area contributed by atoms with E-state index in [9.17, 15) is 4.79 Å². The van der Waals surface area contributed by atoms with Gasteiger partial charge in [-0.15, -0.1) is 16.4 Å². The molecule has 0 N–H and O–H groups in total. The molecule has 5 rings (SSSR count). The summed E-state index contributed by atoms with van der Waals surface area (Å²) in [5.41, 5.74) is 3.26. The Bertz CT molecular complexity index is 1310. The lowest BCUT2D eigenvalue weighted by atomic mass is 9.97. The summed E-state index contributed by atoms with van der Waals surface area (Å²) in [6, 6.07) is 7.94. The van der Waals surface area contributed by atoms with E-state index in [2.05, 4.69) is 5.10 Å². The molecule has 1 aliphatic rings. The van der Waals surface area contributed by atoms with Crippen LogP contribution in [0.1, 0.15) is 46.4 Å². The maximum atomic E-state index is 12.7. The molecule has 0 fully saturated rings. The van der Waals surface area contributed by atoms with E-state index >= 15 is 0 Å². The molecule has 0 saturated carbocycles. The SMILES string of the molecule is CCOC(=O)c1nn(-c2ccc(C)cc2)c2nc3sc4c(c3c(=S)n12)CCCC4. The van der Waals surface area contributed by atoms with Gasteiger partial charge in [0.05, 0.1) is 17.7 Å². The quantitative estimate of drug-likeness (QED) is 0.348. The average molecular weight is 425 g/mol. The fourth-order valence-electron chi connectivity index (χ4n) is 3.90. The normalized spacial score (nSPS) is 13.7. The first-order chi connectivity index (χ1) is 14.1. The number of fused-ring (bicyclic) bond motifs is 4. The fraction of sp³-hybridized carbons (Fsp3) is 0.333. The van der Waals surface area contributed by atoms with E-state index in [0.29, 0.717) is 10.4 Å². The molecule has 3 aromatic heterocycles. The first kappa shape index (κ1) is 18.4. The summed E-state index contributed by atoms with van der Waals surface area (Å²) in [7, 11) is 0. The van der Waals surface area contributed by atoms with Gasteiger partial charge in [-0.05, 0) is 57.2 Å². The van der Waals surface area contributed by atoms with Gasteiger partial charge in [0.2, 0.25) is 11.6 Å². The van der Waals surface area contributed by atoms with Crippen molar-refractivity contribution in [2.24, 2.45) is 0 Å². The van der Waals surface area contributed by atoms with Gasteiger partial charge in [-0.25, -0.2) is 14.2 Å². The van der Waals surface area contributed by atoms with Crippen molar-refractivity contribution in [1.82, 2.24) is 19.2 Å². The summed E-state index contributed by atoms with van der Waals surface area (Å²) >= 11 is 7.59. The largest absolute Gasteiger partial charge is 0.460 e. The van der Waals surface area contributed by atoms with Crippen molar-refractivity contribution < 1.29 is 9.53 Å². The number of rotatable bonds is 3. The second-order valence-electron chi connectivity index (χ2n) is 7.23. The highest BCUT2D eigenvalue weighted by Gasteiger charge is 2.25. The molecule has 0 amide bonds. The Labute approximate surface area is 176 Å². The predicted octanol–water partition coefficient (Wildman–Crippen LogP) is 4.83. The van der Waals surface area contributed by atoms with Crippen molar-refractivity contribution in [2.75, 3.05) is 6.61 Å². The number of thiophene rings is 1. The number of hydrogen-bond acceptors (Lipinski definition) is 6. The molecule has 1 aromatic carbocycles. The van der Waals surface area contributed by atoms with Crippen LogP contribution in [0.15, 0.2) is 24.3 Å². The van der Waals surface area contributed by atoms with Gasteiger partial charge in [-0.1, -0.05) is 29.9 Å². The summed E-state index contributed by atoms with van der Waals surface area (Å²) in [5.74, 6) is 0.204.